The average Bonchev–Trinajstić information content (AvgIpc) is 2.28. The van der Waals surface area contributed by atoms with E-state index < -0.39 is 5.97 Å². The number of piperazine rings is 1. The number of rotatable bonds is 3. The molecule has 16 heavy (non-hydrogen) atoms. The average molecular weight is 223 g/mol. The van der Waals surface area contributed by atoms with Gasteiger partial charge in [-0.2, -0.15) is 5.26 Å². The number of carbonyl (C=O) groups excluding carboxylic acids is 1. The molecule has 5 nitrogen and oxygen atoms in total. The van der Waals surface area contributed by atoms with Crippen LogP contribution in [0.15, 0.2) is 11.8 Å². The van der Waals surface area contributed by atoms with Crippen molar-refractivity contribution in [3.8, 4) is 6.07 Å². The van der Waals surface area contributed by atoms with E-state index in [0.717, 1.165) is 26.2 Å². The maximum absolute atomic E-state index is 11.4. The Kier molecular flexibility index (Phi) is 4.80. The highest BCUT2D eigenvalue weighted by Gasteiger charge is 2.15. The third-order valence-corrected chi connectivity index (χ3v) is 2.47. The molecule has 1 saturated heterocycles. The lowest BCUT2D eigenvalue weighted by molar-refractivity contribution is -0.138. The van der Waals surface area contributed by atoms with Crippen LogP contribution in [0.2, 0.25) is 0 Å². The molecule has 0 radical (unpaired) electrons. The zero-order chi connectivity index (χ0) is 12.0. The highest BCUT2D eigenvalue weighted by Crippen LogP contribution is 2.04. The Labute approximate surface area is 95.9 Å². The number of likely N-dealkylation sites (N-methyl/N-ethyl adjacent to an activating group) is 1. The quantitative estimate of drug-likeness (QED) is 0.389. The molecule has 5 heteroatoms. The first-order valence-corrected chi connectivity index (χ1v) is 5.39. The molecule has 0 bridgehead atoms. The van der Waals surface area contributed by atoms with E-state index in [1.807, 2.05) is 11.0 Å². The van der Waals surface area contributed by atoms with Gasteiger partial charge < -0.3 is 14.5 Å². The Balaban J connectivity index is 2.59. The maximum Gasteiger partial charge on any atom is 0.350 e. The van der Waals surface area contributed by atoms with E-state index in [4.69, 9.17) is 10.00 Å². The van der Waals surface area contributed by atoms with E-state index in [2.05, 4.69) is 11.9 Å². The number of ether oxygens (including phenoxy) is 1. The Morgan fingerprint density at radius 1 is 1.44 bits per heavy atom. The molecular formula is C11H17N3O2. The van der Waals surface area contributed by atoms with Crippen LogP contribution in [-0.2, 0) is 9.53 Å². The topological polar surface area (TPSA) is 56.6 Å². The summed E-state index contributed by atoms with van der Waals surface area (Å²) in [6.45, 7) is 5.57. The van der Waals surface area contributed by atoms with Crippen LogP contribution in [0.4, 0.5) is 0 Å². The predicted octanol–water partition coefficient (Wildman–Crippen LogP) is 0.204. The fourth-order valence-corrected chi connectivity index (χ4v) is 1.47. The van der Waals surface area contributed by atoms with Gasteiger partial charge in [0.15, 0.2) is 5.57 Å². The summed E-state index contributed by atoms with van der Waals surface area (Å²) in [6.07, 6.45) is 1.60. The first-order valence-electron chi connectivity index (χ1n) is 5.39. The van der Waals surface area contributed by atoms with Crippen molar-refractivity contribution in [2.24, 2.45) is 0 Å². The monoisotopic (exact) mass is 223 g/mol. The fourth-order valence-electron chi connectivity index (χ4n) is 1.47. The number of nitriles is 1. The normalized spacial score (nSPS) is 18.1. The summed E-state index contributed by atoms with van der Waals surface area (Å²) >= 11 is 0. The first-order chi connectivity index (χ1) is 7.67. The largest absolute Gasteiger partial charge is 0.462 e. The van der Waals surface area contributed by atoms with Crippen molar-refractivity contribution in [3.63, 3.8) is 0 Å². The lowest BCUT2D eigenvalue weighted by Gasteiger charge is -2.31. The number of nitrogens with zero attached hydrogens (tertiary/aromatic N) is 3. The summed E-state index contributed by atoms with van der Waals surface area (Å²) in [5.74, 6) is -0.538. The molecule has 0 spiro atoms. The first kappa shape index (κ1) is 12.5. The van der Waals surface area contributed by atoms with Crippen molar-refractivity contribution in [2.45, 2.75) is 6.92 Å². The van der Waals surface area contributed by atoms with Crippen molar-refractivity contribution in [2.75, 3.05) is 39.8 Å². The van der Waals surface area contributed by atoms with Crippen LogP contribution in [0.3, 0.4) is 0 Å². The third-order valence-electron chi connectivity index (χ3n) is 2.47. The van der Waals surface area contributed by atoms with Crippen LogP contribution in [-0.4, -0.2) is 55.6 Å². The van der Waals surface area contributed by atoms with Crippen molar-refractivity contribution >= 4 is 5.97 Å². The molecule has 0 aromatic carbocycles. The zero-order valence-corrected chi connectivity index (χ0v) is 9.77. The molecule has 1 aliphatic heterocycles. The van der Waals surface area contributed by atoms with E-state index in [0.29, 0.717) is 6.61 Å². The summed E-state index contributed by atoms with van der Waals surface area (Å²) in [5.41, 5.74) is 0.0754. The van der Waals surface area contributed by atoms with E-state index in [1.54, 1.807) is 13.1 Å². The molecule has 1 rings (SSSR count). The van der Waals surface area contributed by atoms with Gasteiger partial charge in [0.1, 0.15) is 6.07 Å². The minimum Gasteiger partial charge on any atom is -0.462 e. The smallest absolute Gasteiger partial charge is 0.350 e. The predicted molar refractivity (Wildman–Crippen MR) is 59.4 cm³/mol. The van der Waals surface area contributed by atoms with E-state index in [9.17, 15) is 4.79 Å². The second-order valence-electron chi connectivity index (χ2n) is 3.71. The van der Waals surface area contributed by atoms with Crippen molar-refractivity contribution in [1.29, 1.82) is 5.26 Å². The molecule has 0 aromatic heterocycles. The lowest BCUT2D eigenvalue weighted by atomic mass is 10.3. The van der Waals surface area contributed by atoms with Crippen LogP contribution in [0.25, 0.3) is 0 Å². The van der Waals surface area contributed by atoms with Gasteiger partial charge in [0.05, 0.1) is 6.61 Å². The van der Waals surface area contributed by atoms with E-state index in [1.165, 1.54) is 0 Å². The molecule has 0 N–H and O–H groups in total. The molecular weight excluding hydrogens is 206 g/mol. The molecule has 0 saturated carbocycles. The van der Waals surface area contributed by atoms with Gasteiger partial charge in [-0.05, 0) is 14.0 Å². The van der Waals surface area contributed by atoms with Gasteiger partial charge in [-0.25, -0.2) is 4.79 Å². The minimum absolute atomic E-state index is 0.0754. The Morgan fingerprint density at radius 2 is 2.06 bits per heavy atom. The minimum atomic E-state index is -0.538. The van der Waals surface area contributed by atoms with Gasteiger partial charge in [-0.3, -0.25) is 0 Å². The second kappa shape index (κ2) is 6.13. The molecule has 1 fully saturated rings. The van der Waals surface area contributed by atoms with E-state index >= 15 is 0 Å². The highest BCUT2D eigenvalue weighted by molar-refractivity contribution is 5.92. The molecule has 0 aliphatic carbocycles. The summed E-state index contributed by atoms with van der Waals surface area (Å²) in [6, 6.07) is 1.88. The summed E-state index contributed by atoms with van der Waals surface area (Å²) in [4.78, 5) is 15.6. The van der Waals surface area contributed by atoms with Gasteiger partial charge in [-0.15, -0.1) is 0 Å². The van der Waals surface area contributed by atoms with Gasteiger partial charge in [0.2, 0.25) is 0 Å². The summed E-state index contributed by atoms with van der Waals surface area (Å²) < 4.78 is 4.79. The van der Waals surface area contributed by atoms with Gasteiger partial charge >= 0.3 is 5.97 Å². The van der Waals surface area contributed by atoms with Crippen LogP contribution < -0.4 is 0 Å². The Hall–Kier alpha value is -1.54. The standard InChI is InChI=1S/C11H17N3O2/c1-3-16-11(15)10(8-12)9-14-6-4-13(2)5-7-14/h9H,3-7H2,1-2H3. The SMILES string of the molecule is CCOC(=O)C(C#N)=CN1CCN(C)CC1. The van der Waals surface area contributed by atoms with Crippen LogP contribution >= 0.6 is 0 Å². The molecule has 0 aromatic rings. The van der Waals surface area contributed by atoms with Crippen molar-refractivity contribution in [1.82, 2.24) is 9.80 Å². The fraction of sp³-hybridized carbons (Fsp3) is 0.636. The molecule has 0 unspecified atom stereocenters. The number of esters is 1. The molecule has 88 valence electrons. The summed E-state index contributed by atoms with van der Waals surface area (Å²) in [5, 5.41) is 8.85. The van der Waals surface area contributed by atoms with E-state index in [-0.39, 0.29) is 5.57 Å². The third kappa shape index (κ3) is 3.55. The maximum atomic E-state index is 11.4. The second-order valence-corrected chi connectivity index (χ2v) is 3.71. The molecule has 1 aliphatic rings. The van der Waals surface area contributed by atoms with Gasteiger partial charge in [-0.1, -0.05) is 0 Å². The van der Waals surface area contributed by atoms with Crippen LogP contribution in [0, 0.1) is 11.3 Å². The Bertz CT molecular complexity index is 312. The lowest BCUT2D eigenvalue weighted by Crippen LogP contribution is -2.42. The zero-order valence-electron chi connectivity index (χ0n) is 9.77. The number of hydrogen-bond donors (Lipinski definition) is 0. The molecule has 0 amide bonds. The number of hydrogen-bond acceptors (Lipinski definition) is 5. The van der Waals surface area contributed by atoms with Crippen LogP contribution in [0.1, 0.15) is 6.92 Å². The molecule has 0 atom stereocenters. The van der Waals surface area contributed by atoms with Crippen LogP contribution in [0.5, 0.6) is 0 Å². The highest BCUT2D eigenvalue weighted by atomic mass is 16.5. The van der Waals surface area contributed by atoms with Gasteiger partial charge in [0.25, 0.3) is 0 Å². The summed E-state index contributed by atoms with van der Waals surface area (Å²) in [7, 11) is 2.05. The van der Waals surface area contributed by atoms with Gasteiger partial charge in [0, 0.05) is 32.4 Å². The van der Waals surface area contributed by atoms with Crippen molar-refractivity contribution < 1.29 is 9.53 Å². The number of carbonyl (C=O) groups is 1. The Morgan fingerprint density at radius 3 is 2.56 bits per heavy atom. The molecule has 1 heterocycles. The van der Waals surface area contributed by atoms with Crippen molar-refractivity contribution in [3.05, 3.63) is 11.8 Å².